The minimum Gasteiger partial charge on any atom is -0.444 e. The summed E-state index contributed by atoms with van der Waals surface area (Å²) in [6.07, 6.45) is -4.85. The second-order valence-corrected chi connectivity index (χ2v) is 11.3. The Balaban J connectivity index is 2.34. The van der Waals surface area contributed by atoms with Gasteiger partial charge in [0.25, 0.3) is 0 Å². The number of amides is 2. The van der Waals surface area contributed by atoms with Crippen molar-refractivity contribution in [1.29, 1.82) is 0 Å². The van der Waals surface area contributed by atoms with E-state index in [0.717, 1.165) is 12.3 Å². The molecule has 2 amide bonds. The van der Waals surface area contributed by atoms with Crippen LogP contribution >= 0.6 is 27.3 Å². The number of carbonyl (C=O) groups is 2. The smallest absolute Gasteiger partial charge is 0.433 e. The lowest BCUT2D eigenvalue weighted by Crippen LogP contribution is -2.49. The van der Waals surface area contributed by atoms with E-state index in [2.05, 4.69) is 31.2 Å². The molecule has 2 rings (SSSR count). The van der Waals surface area contributed by atoms with Crippen LogP contribution < -0.4 is 10.2 Å². The number of hydrogen-bond donors (Lipinski definition) is 1. The van der Waals surface area contributed by atoms with Crippen molar-refractivity contribution in [3.05, 3.63) is 39.6 Å². The topological polar surface area (TPSA) is 93.7 Å². The van der Waals surface area contributed by atoms with Crippen LogP contribution in [0.5, 0.6) is 0 Å². The van der Waals surface area contributed by atoms with Crippen molar-refractivity contribution < 1.29 is 32.2 Å². The number of rotatable bonds is 6. The van der Waals surface area contributed by atoms with Crippen LogP contribution in [0.4, 0.5) is 27.9 Å². The maximum Gasteiger partial charge on any atom is 0.433 e. The number of hydrogen-bond acceptors (Lipinski definition) is 7. The van der Waals surface area contributed by atoms with Crippen molar-refractivity contribution in [2.45, 2.75) is 71.4 Å². The van der Waals surface area contributed by atoms with Gasteiger partial charge in [0.05, 0.1) is 12.6 Å². The average molecular weight is 581 g/mol. The Morgan fingerprint density at radius 3 is 2.20 bits per heavy atom. The minimum atomic E-state index is -4.57. The molecular weight excluding hydrogens is 553 g/mol. The summed E-state index contributed by atoms with van der Waals surface area (Å²) in [5, 5.41) is 4.69. The number of alkyl halides is 3. The van der Waals surface area contributed by atoms with Crippen molar-refractivity contribution in [3.63, 3.8) is 0 Å². The SMILES string of the molecule is CC(C)(C)OC(=O)N[C@@H](Cc1ccc(C(F)(F)F)nc1)CN(C(=O)OC(C)(C)C)c1nc(Br)cs1. The van der Waals surface area contributed by atoms with E-state index in [-0.39, 0.29) is 13.0 Å². The second kappa shape index (κ2) is 11.1. The molecule has 194 valence electrons. The standard InChI is InChI=1S/C22H28BrF3N4O4S/c1-20(2,3)33-18(31)28-14(9-13-7-8-15(27-10-13)22(24,25)26)11-30(17-29-16(23)12-35-17)19(32)34-21(4,5)6/h7-8,10,12,14H,9,11H2,1-6H3,(H,28,31)/t14-/m0/s1. The molecule has 35 heavy (non-hydrogen) atoms. The van der Waals surface area contributed by atoms with Gasteiger partial charge in [-0.1, -0.05) is 6.07 Å². The molecule has 0 fully saturated rings. The Morgan fingerprint density at radius 1 is 1.11 bits per heavy atom. The van der Waals surface area contributed by atoms with Gasteiger partial charge in [0.2, 0.25) is 0 Å². The Morgan fingerprint density at radius 2 is 1.74 bits per heavy atom. The minimum absolute atomic E-state index is 0.0657. The Hall–Kier alpha value is -2.41. The van der Waals surface area contributed by atoms with Gasteiger partial charge in [0.15, 0.2) is 5.13 Å². The van der Waals surface area contributed by atoms with Crippen molar-refractivity contribution in [2.24, 2.45) is 0 Å². The lowest BCUT2D eigenvalue weighted by Gasteiger charge is -2.30. The van der Waals surface area contributed by atoms with Gasteiger partial charge in [-0.3, -0.25) is 9.88 Å². The first kappa shape index (κ1) is 28.8. The quantitative estimate of drug-likeness (QED) is 0.437. The summed E-state index contributed by atoms with van der Waals surface area (Å²) in [6.45, 7) is 10.1. The van der Waals surface area contributed by atoms with Gasteiger partial charge in [-0.05, 0) is 75.5 Å². The van der Waals surface area contributed by atoms with Crippen LogP contribution in [0.2, 0.25) is 0 Å². The first-order valence-corrected chi connectivity index (χ1v) is 12.2. The van der Waals surface area contributed by atoms with Gasteiger partial charge < -0.3 is 14.8 Å². The molecule has 2 aromatic heterocycles. The molecule has 0 radical (unpaired) electrons. The van der Waals surface area contributed by atoms with E-state index >= 15 is 0 Å². The number of ether oxygens (including phenoxy) is 2. The normalized spacial score (nSPS) is 13.2. The summed E-state index contributed by atoms with van der Waals surface area (Å²) in [5.74, 6) is 0. The number of nitrogens with zero attached hydrogens (tertiary/aromatic N) is 3. The molecule has 0 aliphatic carbocycles. The van der Waals surface area contributed by atoms with E-state index in [9.17, 15) is 22.8 Å². The molecule has 8 nitrogen and oxygen atoms in total. The summed E-state index contributed by atoms with van der Waals surface area (Å²) in [5.41, 5.74) is -2.19. The number of pyridine rings is 1. The fraction of sp³-hybridized carbons (Fsp3) is 0.545. The number of halogens is 4. The monoisotopic (exact) mass is 580 g/mol. The highest BCUT2D eigenvalue weighted by Crippen LogP contribution is 2.28. The second-order valence-electron chi connectivity index (χ2n) is 9.64. The van der Waals surface area contributed by atoms with Crippen LogP contribution in [-0.4, -0.2) is 45.9 Å². The van der Waals surface area contributed by atoms with Gasteiger partial charge in [0.1, 0.15) is 21.5 Å². The molecular formula is C22H28BrF3N4O4S. The Labute approximate surface area is 214 Å². The van der Waals surface area contributed by atoms with E-state index in [1.54, 1.807) is 46.9 Å². The van der Waals surface area contributed by atoms with Crippen LogP contribution in [0.3, 0.4) is 0 Å². The maximum absolute atomic E-state index is 13.0. The zero-order valence-electron chi connectivity index (χ0n) is 20.2. The lowest BCUT2D eigenvalue weighted by molar-refractivity contribution is -0.141. The highest BCUT2D eigenvalue weighted by Gasteiger charge is 2.33. The summed E-state index contributed by atoms with van der Waals surface area (Å²) in [6, 6.07) is 1.37. The third-order valence-electron chi connectivity index (χ3n) is 4.03. The van der Waals surface area contributed by atoms with Crippen LogP contribution in [0, 0.1) is 0 Å². The molecule has 2 heterocycles. The number of nitrogens with one attached hydrogen (secondary N) is 1. The number of alkyl carbamates (subject to hydrolysis) is 1. The molecule has 0 aliphatic heterocycles. The van der Waals surface area contributed by atoms with Gasteiger partial charge in [-0.2, -0.15) is 13.2 Å². The average Bonchev–Trinajstić information content (AvgIpc) is 3.08. The highest BCUT2D eigenvalue weighted by atomic mass is 79.9. The van der Waals surface area contributed by atoms with Gasteiger partial charge in [-0.25, -0.2) is 14.6 Å². The molecule has 0 saturated carbocycles. The van der Waals surface area contributed by atoms with Gasteiger partial charge in [-0.15, -0.1) is 11.3 Å². The first-order valence-electron chi connectivity index (χ1n) is 10.6. The van der Waals surface area contributed by atoms with Crippen molar-refractivity contribution in [3.8, 4) is 0 Å². The van der Waals surface area contributed by atoms with Crippen molar-refractivity contribution >= 4 is 44.6 Å². The third-order valence-corrected chi connectivity index (χ3v) is 5.60. The van der Waals surface area contributed by atoms with Crippen LogP contribution in [0.25, 0.3) is 0 Å². The maximum atomic E-state index is 13.0. The van der Waals surface area contributed by atoms with E-state index in [0.29, 0.717) is 15.3 Å². The zero-order valence-corrected chi connectivity index (χ0v) is 22.6. The van der Waals surface area contributed by atoms with Crippen molar-refractivity contribution in [2.75, 3.05) is 11.4 Å². The number of carbonyl (C=O) groups excluding carboxylic acids is 2. The Bertz CT molecular complexity index is 1020. The van der Waals surface area contributed by atoms with Crippen LogP contribution in [0.15, 0.2) is 28.3 Å². The summed E-state index contributed by atoms with van der Waals surface area (Å²) >= 11 is 4.44. The first-order chi connectivity index (χ1) is 15.9. The fourth-order valence-corrected chi connectivity index (χ4v) is 4.02. The summed E-state index contributed by atoms with van der Waals surface area (Å²) < 4.78 is 50.0. The molecule has 0 bridgehead atoms. The van der Waals surface area contributed by atoms with Gasteiger partial charge in [0, 0.05) is 11.6 Å². The zero-order chi connectivity index (χ0) is 26.6. The number of anilines is 1. The fourth-order valence-electron chi connectivity index (χ4n) is 2.77. The molecule has 1 N–H and O–H groups in total. The molecule has 1 atom stereocenters. The van der Waals surface area contributed by atoms with Gasteiger partial charge >= 0.3 is 18.4 Å². The molecule has 2 aromatic rings. The molecule has 0 spiro atoms. The van der Waals surface area contributed by atoms with E-state index in [1.807, 2.05) is 0 Å². The molecule has 0 saturated heterocycles. The predicted molar refractivity (Wildman–Crippen MR) is 129 cm³/mol. The molecule has 13 heteroatoms. The third kappa shape index (κ3) is 10.0. The number of aromatic nitrogens is 2. The van der Waals surface area contributed by atoms with E-state index < -0.39 is 41.3 Å². The summed E-state index contributed by atoms with van der Waals surface area (Å²) in [7, 11) is 0. The molecule has 0 unspecified atom stereocenters. The Kier molecular flexibility index (Phi) is 9.15. The lowest BCUT2D eigenvalue weighted by atomic mass is 10.1. The highest BCUT2D eigenvalue weighted by molar-refractivity contribution is 9.10. The van der Waals surface area contributed by atoms with E-state index in [4.69, 9.17) is 9.47 Å². The largest absolute Gasteiger partial charge is 0.444 e. The predicted octanol–water partition coefficient (Wildman–Crippen LogP) is 6.20. The van der Waals surface area contributed by atoms with Crippen LogP contribution in [-0.2, 0) is 22.1 Å². The number of thiazole rings is 1. The van der Waals surface area contributed by atoms with Crippen LogP contribution in [0.1, 0.15) is 52.8 Å². The molecule has 0 aliphatic rings. The molecule has 0 aromatic carbocycles. The van der Waals surface area contributed by atoms with Crippen molar-refractivity contribution in [1.82, 2.24) is 15.3 Å². The van der Waals surface area contributed by atoms with E-state index in [1.165, 1.54) is 22.3 Å². The summed E-state index contributed by atoms with van der Waals surface area (Å²) in [4.78, 5) is 34.5.